The zero-order chi connectivity index (χ0) is 12.9. The van der Waals surface area contributed by atoms with E-state index in [0.717, 1.165) is 38.8 Å². The molecule has 0 saturated carbocycles. The molecule has 1 aliphatic rings. The predicted octanol–water partition coefficient (Wildman–Crippen LogP) is 0.670. The maximum Gasteiger partial charge on any atom is 0.336 e. The average molecular weight is 242 g/mol. The predicted molar refractivity (Wildman–Crippen MR) is 64.3 cm³/mol. The SMILES string of the molecule is CCCCCN1CCCC1(C(N)=O)C(=O)OC. The zero-order valence-electron chi connectivity index (χ0n) is 10.7. The largest absolute Gasteiger partial charge is 0.467 e. The van der Waals surface area contributed by atoms with Crippen LogP contribution >= 0.6 is 0 Å². The number of rotatable bonds is 6. The van der Waals surface area contributed by atoms with Gasteiger partial charge in [0, 0.05) is 0 Å². The third-order valence-electron chi connectivity index (χ3n) is 3.47. The monoisotopic (exact) mass is 242 g/mol. The van der Waals surface area contributed by atoms with Gasteiger partial charge in [-0.3, -0.25) is 9.69 Å². The zero-order valence-corrected chi connectivity index (χ0v) is 10.7. The minimum absolute atomic E-state index is 0.473. The first kappa shape index (κ1) is 14.0. The van der Waals surface area contributed by atoms with Gasteiger partial charge in [-0.2, -0.15) is 0 Å². The lowest BCUT2D eigenvalue weighted by atomic mass is 9.95. The molecule has 98 valence electrons. The molecule has 1 rings (SSSR count). The molecule has 1 saturated heterocycles. The topological polar surface area (TPSA) is 72.6 Å². The normalized spacial score (nSPS) is 24.8. The third-order valence-corrected chi connectivity index (χ3v) is 3.47. The van der Waals surface area contributed by atoms with E-state index in [9.17, 15) is 9.59 Å². The fraction of sp³-hybridized carbons (Fsp3) is 0.833. The number of unbranched alkanes of at least 4 members (excludes halogenated alkanes) is 2. The number of carbonyl (C=O) groups excluding carboxylic acids is 2. The Labute approximate surface area is 102 Å². The Kier molecular flexibility index (Phi) is 4.93. The summed E-state index contributed by atoms with van der Waals surface area (Å²) in [5.41, 5.74) is 4.20. The van der Waals surface area contributed by atoms with Crippen LogP contribution < -0.4 is 5.73 Å². The van der Waals surface area contributed by atoms with E-state index in [2.05, 4.69) is 6.92 Å². The molecule has 5 heteroatoms. The van der Waals surface area contributed by atoms with Crippen LogP contribution in [-0.2, 0) is 14.3 Å². The molecule has 2 N–H and O–H groups in total. The maximum absolute atomic E-state index is 11.9. The summed E-state index contributed by atoms with van der Waals surface area (Å²) >= 11 is 0. The van der Waals surface area contributed by atoms with Gasteiger partial charge in [-0.1, -0.05) is 19.8 Å². The number of hydrogen-bond acceptors (Lipinski definition) is 4. The van der Waals surface area contributed by atoms with Gasteiger partial charge in [0.15, 0.2) is 5.54 Å². The van der Waals surface area contributed by atoms with Crippen molar-refractivity contribution < 1.29 is 14.3 Å². The van der Waals surface area contributed by atoms with Crippen molar-refractivity contribution in [2.45, 2.75) is 44.6 Å². The number of likely N-dealkylation sites (tertiary alicyclic amines) is 1. The summed E-state index contributed by atoms with van der Waals surface area (Å²) in [5.74, 6) is -1.10. The van der Waals surface area contributed by atoms with E-state index >= 15 is 0 Å². The van der Waals surface area contributed by atoms with Gasteiger partial charge in [0.25, 0.3) is 0 Å². The van der Waals surface area contributed by atoms with E-state index in [-0.39, 0.29) is 0 Å². The van der Waals surface area contributed by atoms with Gasteiger partial charge in [0.2, 0.25) is 5.91 Å². The van der Waals surface area contributed by atoms with Crippen molar-refractivity contribution in [2.75, 3.05) is 20.2 Å². The molecule has 1 unspecified atom stereocenters. The highest BCUT2D eigenvalue weighted by atomic mass is 16.5. The van der Waals surface area contributed by atoms with Crippen LogP contribution in [0.3, 0.4) is 0 Å². The first-order valence-electron chi connectivity index (χ1n) is 6.23. The van der Waals surface area contributed by atoms with E-state index in [1.54, 1.807) is 0 Å². The van der Waals surface area contributed by atoms with Crippen LogP contribution in [0.2, 0.25) is 0 Å². The number of amides is 1. The Balaban J connectivity index is 2.80. The first-order chi connectivity index (χ1) is 8.09. The molecule has 17 heavy (non-hydrogen) atoms. The molecular formula is C12H22N2O3. The van der Waals surface area contributed by atoms with Crippen molar-refractivity contribution in [2.24, 2.45) is 5.73 Å². The number of hydrogen-bond donors (Lipinski definition) is 1. The Hall–Kier alpha value is -1.10. The van der Waals surface area contributed by atoms with Crippen LogP contribution in [0.1, 0.15) is 39.0 Å². The van der Waals surface area contributed by atoms with Crippen LogP contribution in [0.5, 0.6) is 0 Å². The summed E-state index contributed by atoms with van der Waals surface area (Å²) in [6.07, 6.45) is 4.45. The van der Waals surface area contributed by atoms with E-state index in [1.807, 2.05) is 4.90 Å². The maximum atomic E-state index is 11.9. The molecule has 1 atom stereocenters. The van der Waals surface area contributed by atoms with Crippen molar-refractivity contribution in [1.29, 1.82) is 0 Å². The highest BCUT2D eigenvalue weighted by Gasteiger charge is 2.53. The van der Waals surface area contributed by atoms with Gasteiger partial charge in [-0.05, 0) is 32.4 Å². The highest BCUT2D eigenvalue weighted by Crippen LogP contribution is 2.30. The third kappa shape index (κ3) is 2.60. The Bertz CT molecular complexity index is 293. The van der Waals surface area contributed by atoms with Gasteiger partial charge >= 0.3 is 5.97 Å². The molecule has 0 radical (unpaired) electrons. The van der Waals surface area contributed by atoms with Gasteiger partial charge < -0.3 is 10.5 Å². The standard InChI is InChI=1S/C12H22N2O3/c1-3-4-5-8-14-9-6-7-12(14,10(13)15)11(16)17-2/h3-9H2,1-2H3,(H2,13,15). The molecular weight excluding hydrogens is 220 g/mol. The fourth-order valence-electron chi connectivity index (χ4n) is 2.51. The van der Waals surface area contributed by atoms with E-state index in [1.165, 1.54) is 7.11 Å². The molecule has 0 spiro atoms. The molecule has 0 bridgehead atoms. The molecule has 1 heterocycles. The van der Waals surface area contributed by atoms with Crippen molar-refractivity contribution in [3.8, 4) is 0 Å². The van der Waals surface area contributed by atoms with Crippen LogP contribution in [0.15, 0.2) is 0 Å². The van der Waals surface area contributed by atoms with Crippen LogP contribution in [0.4, 0.5) is 0 Å². The Morgan fingerprint density at radius 1 is 1.41 bits per heavy atom. The Morgan fingerprint density at radius 3 is 2.65 bits per heavy atom. The van der Waals surface area contributed by atoms with Gasteiger partial charge in [0.1, 0.15) is 0 Å². The second-order valence-corrected chi connectivity index (χ2v) is 4.51. The summed E-state index contributed by atoms with van der Waals surface area (Å²) in [5, 5.41) is 0. The smallest absolute Gasteiger partial charge is 0.336 e. The molecule has 0 aromatic carbocycles. The molecule has 0 aromatic rings. The average Bonchev–Trinajstić information content (AvgIpc) is 2.73. The Morgan fingerprint density at radius 2 is 2.12 bits per heavy atom. The van der Waals surface area contributed by atoms with Crippen LogP contribution in [0, 0.1) is 0 Å². The minimum Gasteiger partial charge on any atom is -0.467 e. The quantitative estimate of drug-likeness (QED) is 0.422. The number of esters is 1. The first-order valence-corrected chi connectivity index (χ1v) is 6.23. The van der Waals surface area contributed by atoms with E-state index in [4.69, 9.17) is 10.5 Å². The van der Waals surface area contributed by atoms with Crippen molar-refractivity contribution in [3.63, 3.8) is 0 Å². The molecule has 0 aliphatic carbocycles. The molecule has 1 fully saturated rings. The lowest BCUT2D eigenvalue weighted by Gasteiger charge is -2.32. The number of ether oxygens (including phenoxy) is 1. The number of carbonyl (C=O) groups is 2. The van der Waals surface area contributed by atoms with Gasteiger partial charge in [0.05, 0.1) is 7.11 Å². The summed E-state index contributed by atoms with van der Waals surface area (Å²) in [4.78, 5) is 25.4. The van der Waals surface area contributed by atoms with Gasteiger partial charge in [-0.25, -0.2) is 4.79 Å². The van der Waals surface area contributed by atoms with Crippen molar-refractivity contribution in [1.82, 2.24) is 4.90 Å². The van der Waals surface area contributed by atoms with E-state index < -0.39 is 17.4 Å². The number of nitrogens with zero attached hydrogens (tertiary/aromatic N) is 1. The number of nitrogens with two attached hydrogens (primary N) is 1. The summed E-state index contributed by atoms with van der Waals surface area (Å²) in [7, 11) is 1.30. The van der Waals surface area contributed by atoms with Crippen molar-refractivity contribution in [3.05, 3.63) is 0 Å². The fourth-order valence-corrected chi connectivity index (χ4v) is 2.51. The minimum atomic E-state index is -1.22. The highest BCUT2D eigenvalue weighted by molar-refractivity contribution is 6.07. The lowest BCUT2D eigenvalue weighted by Crippen LogP contribution is -2.60. The van der Waals surface area contributed by atoms with E-state index in [0.29, 0.717) is 6.42 Å². The lowest BCUT2D eigenvalue weighted by molar-refractivity contribution is -0.158. The summed E-state index contributed by atoms with van der Waals surface area (Å²) in [6, 6.07) is 0. The molecule has 5 nitrogen and oxygen atoms in total. The summed E-state index contributed by atoms with van der Waals surface area (Å²) < 4.78 is 4.75. The number of methoxy groups -OCH3 is 1. The number of primary amides is 1. The summed E-state index contributed by atoms with van der Waals surface area (Å²) in [6.45, 7) is 3.58. The van der Waals surface area contributed by atoms with Gasteiger partial charge in [-0.15, -0.1) is 0 Å². The second kappa shape index (κ2) is 6.00. The molecule has 0 aromatic heterocycles. The second-order valence-electron chi connectivity index (χ2n) is 4.51. The van der Waals surface area contributed by atoms with Crippen molar-refractivity contribution >= 4 is 11.9 Å². The van der Waals surface area contributed by atoms with Crippen LogP contribution in [-0.4, -0.2) is 42.5 Å². The molecule has 1 amide bonds. The molecule has 1 aliphatic heterocycles. The van der Waals surface area contributed by atoms with Crippen LogP contribution in [0.25, 0.3) is 0 Å².